The van der Waals surface area contributed by atoms with Crippen molar-refractivity contribution in [3.8, 4) is 6.07 Å². The lowest BCUT2D eigenvalue weighted by atomic mass is 10.0. The van der Waals surface area contributed by atoms with Crippen molar-refractivity contribution in [2.45, 2.75) is 78.2 Å². The first-order chi connectivity index (χ1) is 17.5. The molecule has 0 atom stereocenters. The molecule has 0 aromatic heterocycles. The third-order valence-corrected chi connectivity index (χ3v) is 6.32. The van der Waals surface area contributed by atoms with Gasteiger partial charge in [-0.25, -0.2) is 4.79 Å². The SMILES string of the molecule is Cc1ccc(CCC(=O)NCCCN(CCCCCCCC#N)C(=O)OCc2ccccc2)cc1C. The molecule has 0 saturated carbocycles. The van der Waals surface area contributed by atoms with E-state index in [1.54, 1.807) is 4.90 Å². The summed E-state index contributed by atoms with van der Waals surface area (Å²) in [5.74, 6) is 0.0313. The summed E-state index contributed by atoms with van der Waals surface area (Å²) >= 11 is 0. The molecule has 0 bridgehead atoms. The van der Waals surface area contributed by atoms with Crippen molar-refractivity contribution >= 4 is 12.0 Å². The average Bonchev–Trinajstić information content (AvgIpc) is 2.89. The summed E-state index contributed by atoms with van der Waals surface area (Å²) in [4.78, 5) is 26.8. The molecule has 1 N–H and O–H groups in total. The van der Waals surface area contributed by atoms with E-state index >= 15 is 0 Å². The lowest BCUT2D eigenvalue weighted by Gasteiger charge is -2.22. The Morgan fingerprint density at radius 1 is 0.889 bits per heavy atom. The highest BCUT2D eigenvalue weighted by Gasteiger charge is 2.15. The average molecular weight is 492 g/mol. The Morgan fingerprint density at radius 3 is 2.36 bits per heavy atom. The van der Waals surface area contributed by atoms with Crippen molar-refractivity contribution in [3.63, 3.8) is 0 Å². The zero-order chi connectivity index (χ0) is 26.0. The highest BCUT2D eigenvalue weighted by Crippen LogP contribution is 2.12. The Hall–Kier alpha value is -3.33. The van der Waals surface area contributed by atoms with Crippen LogP contribution in [0.3, 0.4) is 0 Å². The molecule has 0 aliphatic heterocycles. The van der Waals surface area contributed by atoms with Gasteiger partial charge in [0.05, 0.1) is 6.07 Å². The Balaban J connectivity index is 1.73. The van der Waals surface area contributed by atoms with Crippen LogP contribution in [0.25, 0.3) is 0 Å². The minimum Gasteiger partial charge on any atom is -0.445 e. The number of aryl methyl sites for hydroxylation is 3. The maximum atomic E-state index is 12.7. The molecule has 0 radical (unpaired) electrons. The predicted octanol–water partition coefficient (Wildman–Crippen LogP) is 6.25. The molecule has 2 aromatic carbocycles. The van der Waals surface area contributed by atoms with Crippen LogP contribution >= 0.6 is 0 Å². The van der Waals surface area contributed by atoms with Gasteiger partial charge in [0.15, 0.2) is 0 Å². The molecule has 2 aromatic rings. The minimum atomic E-state index is -0.315. The van der Waals surface area contributed by atoms with E-state index in [4.69, 9.17) is 10.00 Å². The van der Waals surface area contributed by atoms with E-state index in [2.05, 4.69) is 43.4 Å². The summed E-state index contributed by atoms with van der Waals surface area (Å²) in [5.41, 5.74) is 4.64. The van der Waals surface area contributed by atoms with Crippen LogP contribution in [0.2, 0.25) is 0 Å². The predicted molar refractivity (Wildman–Crippen MR) is 143 cm³/mol. The molecule has 0 fully saturated rings. The Bertz CT molecular complexity index is 969. The number of ether oxygens (including phenoxy) is 1. The highest BCUT2D eigenvalue weighted by molar-refractivity contribution is 5.76. The van der Waals surface area contributed by atoms with Crippen LogP contribution in [0.5, 0.6) is 0 Å². The summed E-state index contributed by atoms with van der Waals surface area (Å²) in [7, 11) is 0. The van der Waals surface area contributed by atoms with E-state index in [0.29, 0.717) is 38.9 Å². The van der Waals surface area contributed by atoms with Crippen molar-refractivity contribution < 1.29 is 14.3 Å². The van der Waals surface area contributed by atoms with E-state index in [-0.39, 0.29) is 18.6 Å². The number of nitrogens with zero attached hydrogens (tertiary/aromatic N) is 2. The van der Waals surface area contributed by atoms with Crippen molar-refractivity contribution in [2.75, 3.05) is 19.6 Å². The van der Waals surface area contributed by atoms with Gasteiger partial charge in [0.1, 0.15) is 6.61 Å². The second-order valence-corrected chi connectivity index (χ2v) is 9.33. The molecule has 36 heavy (non-hydrogen) atoms. The normalized spacial score (nSPS) is 10.5. The standard InChI is InChI=1S/C30H41N3O3/c1-25-15-16-27(23-26(25)2)17-18-29(34)32-20-12-22-33(21-11-6-4-3-5-10-19-31)30(35)36-24-28-13-8-7-9-14-28/h7-9,13-16,23H,3-6,10-12,17-18,20-22,24H2,1-2H3,(H,32,34). The monoisotopic (exact) mass is 491 g/mol. The summed E-state index contributed by atoms with van der Waals surface area (Å²) in [6, 6.07) is 18.2. The maximum Gasteiger partial charge on any atom is 0.410 e. The number of unbranched alkanes of at least 4 members (excludes halogenated alkanes) is 5. The molecule has 0 heterocycles. The van der Waals surface area contributed by atoms with Crippen molar-refractivity contribution in [3.05, 3.63) is 70.8 Å². The first-order valence-corrected chi connectivity index (χ1v) is 13.1. The first-order valence-electron chi connectivity index (χ1n) is 13.1. The largest absolute Gasteiger partial charge is 0.445 e. The molecule has 0 aliphatic rings. The minimum absolute atomic E-state index is 0.0313. The van der Waals surface area contributed by atoms with Crippen LogP contribution in [-0.4, -0.2) is 36.5 Å². The zero-order valence-electron chi connectivity index (χ0n) is 21.9. The number of hydrogen-bond acceptors (Lipinski definition) is 4. The molecule has 194 valence electrons. The third-order valence-electron chi connectivity index (χ3n) is 6.32. The van der Waals surface area contributed by atoms with Gasteiger partial charge in [0.25, 0.3) is 0 Å². The third kappa shape index (κ3) is 11.9. The molecule has 6 nitrogen and oxygen atoms in total. The maximum absolute atomic E-state index is 12.7. The van der Waals surface area contributed by atoms with E-state index in [1.165, 1.54) is 16.7 Å². The van der Waals surface area contributed by atoms with Crippen molar-refractivity contribution in [2.24, 2.45) is 0 Å². The smallest absolute Gasteiger partial charge is 0.410 e. The van der Waals surface area contributed by atoms with Crippen LogP contribution in [0.1, 0.15) is 73.6 Å². The zero-order valence-corrected chi connectivity index (χ0v) is 21.9. The summed E-state index contributed by atoms with van der Waals surface area (Å²) in [6.07, 6.45) is 7.10. The quantitative estimate of drug-likeness (QED) is 0.282. The summed E-state index contributed by atoms with van der Waals surface area (Å²) in [6.45, 7) is 6.13. The van der Waals surface area contributed by atoms with Crippen LogP contribution in [0.4, 0.5) is 4.79 Å². The van der Waals surface area contributed by atoms with E-state index in [1.807, 2.05) is 30.3 Å². The van der Waals surface area contributed by atoms with E-state index < -0.39 is 0 Å². The Morgan fingerprint density at radius 2 is 1.61 bits per heavy atom. The number of benzene rings is 2. The second kappa shape index (κ2) is 17.2. The van der Waals surface area contributed by atoms with E-state index in [0.717, 1.165) is 44.1 Å². The number of amides is 2. The molecule has 0 spiro atoms. The van der Waals surface area contributed by atoms with E-state index in [9.17, 15) is 9.59 Å². The molecule has 0 aliphatic carbocycles. The lowest BCUT2D eigenvalue weighted by Crippen LogP contribution is -2.35. The Kier molecular flexibility index (Phi) is 13.8. The molecular formula is C30H41N3O3. The lowest BCUT2D eigenvalue weighted by molar-refractivity contribution is -0.121. The molecule has 2 rings (SSSR count). The first kappa shape index (κ1) is 28.9. The van der Waals surface area contributed by atoms with Gasteiger partial charge in [-0.3, -0.25) is 4.79 Å². The van der Waals surface area contributed by atoms with Gasteiger partial charge in [-0.2, -0.15) is 5.26 Å². The summed E-state index contributed by atoms with van der Waals surface area (Å²) < 4.78 is 5.55. The van der Waals surface area contributed by atoms with Gasteiger partial charge in [-0.15, -0.1) is 0 Å². The van der Waals surface area contributed by atoms with Gasteiger partial charge in [-0.05, 0) is 61.8 Å². The number of rotatable bonds is 16. The fourth-order valence-electron chi connectivity index (χ4n) is 3.95. The topological polar surface area (TPSA) is 82.4 Å². The van der Waals surface area contributed by atoms with Crippen LogP contribution in [-0.2, 0) is 22.6 Å². The number of carbonyl (C=O) groups excluding carboxylic acids is 2. The molecule has 0 saturated heterocycles. The van der Waals surface area contributed by atoms with Crippen LogP contribution in [0.15, 0.2) is 48.5 Å². The molecule has 0 unspecified atom stereocenters. The molecule has 2 amide bonds. The second-order valence-electron chi connectivity index (χ2n) is 9.33. The molecule has 6 heteroatoms. The Labute approximate surface area is 216 Å². The van der Waals surface area contributed by atoms with Crippen molar-refractivity contribution in [1.29, 1.82) is 5.26 Å². The summed E-state index contributed by atoms with van der Waals surface area (Å²) in [5, 5.41) is 11.6. The highest BCUT2D eigenvalue weighted by atomic mass is 16.6. The fourth-order valence-corrected chi connectivity index (χ4v) is 3.95. The van der Waals surface area contributed by atoms with Gasteiger partial charge in [0.2, 0.25) is 5.91 Å². The number of carbonyl (C=O) groups is 2. The number of nitrogens with one attached hydrogen (secondary N) is 1. The van der Waals surface area contributed by atoms with Gasteiger partial charge >= 0.3 is 6.09 Å². The van der Waals surface area contributed by atoms with Crippen LogP contribution in [0, 0.1) is 25.2 Å². The van der Waals surface area contributed by atoms with Gasteiger partial charge in [0, 0.05) is 32.5 Å². The van der Waals surface area contributed by atoms with Gasteiger partial charge in [-0.1, -0.05) is 67.8 Å². The number of nitriles is 1. The van der Waals surface area contributed by atoms with Crippen LogP contribution < -0.4 is 5.32 Å². The molecular weight excluding hydrogens is 450 g/mol. The fraction of sp³-hybridized carbons (Fsp3) is 0.500. The van der Waals surface area contributed by atoms with Crippen molar-refractivity contribution in [1.82, 2.24) is 10.2 Å². The van der Waals surface area contributed by atoms with Gasteiger partial charge < -0.3 is 15.0 Å². The number of hydrogen-bond donors (Lipinski definition) is 1.